The number of carbonyl (C=O) groups excluding carboxylic acids is 2. The lowest BCUT2D eigenvalue weighted by atomic mass is 10.1. The Balaban J connectivity index is 2.03. The molecule has 0 saturated heterocycles. The highest BCUT2D eigenvalue weighted by Gasteiger charge is 2.29. The van der Waals surface area contributed by atoms with E-state index in [0.717, 1.165) is 12.0 Å². The first-order valence-electron chi connectivity index (χ1n) is 6.45. The van der Waals surface area contributed by atoms with Crippen molar-refractivity contribution in [3.8, 4) is 5.75 Å². The number of amides is 2. The molecule has 2 rings (SSSR count). The standard InChI is InChI=1S/C14H18N2O3/c1-3-6-15-13(17)8-12-14(18)16-10-7-9(2)4-5-11(10)19-12/h4-5,7,12H,3,6,8H2,1-2H3,(H,15,17)(H,16,18). The Labute approximate surface area is 112 Å². The number of hydrogen-bond donors (Lipinski definition) is 2. The Bertz CT molecular complexity index is 499. The van der Waals surface area contributed by atoms with Crippen molar-refractivity contribution in [1.82, 2.24) is 5.32 Å². The number of benzene rings is 1. The molecule has 0 spiro atoms. The highest BCUT2D eigenvalue weighted by Crippen LogP contribution is 2.30. The van der Waals surface area contributed by atoms with E-state index in [0.29, 0.717) is 18.0 Å². The van der Waals surface area contributed by atoms with E-state index in [2.05, 4.69) is 10.6 Å². The molecule has 19 heavy (non-hydrogen) atoms. The summed E-state index contributed by atoms with van der Waals surface area (Å²) in [5.41, 5.74) is 1.71. The second-order valence-electron chi connectivity index (χ2n) is 4.65. The molecule has 0 fully saturated rings. The molecule has 2 N–H and O–H groups in total. The third-order valence-corrected chi connectivity index (χ3v) is 2.90. The molecule has 0 radical (unpaired) electrons. The molecule has 0 saturated carbocycles. The van der Waals surface area contributed by atoms with Crippen molar-refractivity contribution in [2.24, 2.45) is 0 Å². The van der Waals surface area contributed by atoms with Gasteiger partial charge in [0.1, 0.15) is 5.75 Å². The maximum Gasteiger partial charge on any atom is 0.266 e. The predicted octanol–water partition coefficient (Wildman–Crippen LogP) is 1.61. The summed E-state index contributed by atoms with van der Waals surface area (Å²) in [4.78, 5) is 23.5. The molecule has 5 heteroatoms. The summed E-state index contributed by atoms with van der Waals surface area (Å²) >= 11 is 0. The molecule has 0 bridgehead atoms. The average Bonchev–Trinajstić information content (AvgIpc) is 2.37. The quantitative estimate of drug-likeness (QED) is 0.866. The molecule has 1 aromatic rings. The van der Waals surface area contributed by atoms with Crippen molar-refractivity contribution in [1.29, 1.82) is 0 Å². The number of nitrogens with one attached hydrogen (secondary N) is 2. The third kappa shape index (κ3) is 3.24. The smallest absolute Gasteiger partial charge is 0.266 e. The monoisotopic (exact) mass is 262 g/mol. The third-order valence-electron chi connectivity index (χ3n) is 2.90. The van der Waals surface area contributed by atoms with Crippen LogP contribution in [0.2, 0.25) is 0 Å². The van der Waals surface area contributed by atoms with Crippen LogP contribution in [0.4, 0.5) is 5.69 Å². The van der Waals surface area contributed by atoms with Crippen LogP contribution in [0.25, 0.3) is 0 Å². The molecular formula is C14H18N2O3. The van der Waals surface area contributed by atoms with Gasteiger partial charge in [-0.2, -0.15) is 0 Å². The molecule has 1 unspecified atom stereocenters. The maximum atomic E-state index is 11.9. The van der Waals surface area contributed by atoms with Gasteiger partial charge in [-0.3, -0.25) is 9.59 Å². The molecule has 2 amide bonds. The lowest BCUT2D eigenvalue weighted by molar-refractivity contribution is -0.130. The van der Waals surface area contributed by atoms with E-state index in [-0.39, 0.29) is 18.2 Å². The second kappa shape index (κ2) is 5.73. The van der Waals surface area contributed by atoms with Crippen molar-refractivity contribution < 1.29 is 14.3 Å². The van der Waals surface area contributed by atoms with Crippen molar-refractivity contribution in [2.45, 2.75) is 32.8 Å². The van der Waals surface area contributed by atoms with Crippen LogP contribution in [-0.2, 0) is 9.59 Å². The van der Waals surface area contributed by atoms with Crippen LogP contribution < -0.4 is 15.4 Å². The van der Waals surface area contributed by atoms with E-state index in [9.17, 15) is 9.59 Å². The number of carbonyl (C=O) groups is 2. The number of anilines is 1. The normalized spacial score (nSPS) is 17.2. The van der Waals surface area contributed by atoms with Crippen molar-refractivity contribution in [3.05, 3.63) is 23.8 Å². The highest BCUT2D eigenvalue weighted by molar-refractivity contribution is 6.00. The van der Waals surface area contributed by atoms with Gasteiger partial charge < -0.3 is 15.4 Å². The van der Waals surface area contributed by atoms with Crippen LogP contribution in [0.15, 0.2) is 18.2 Å². The Morgan fingerprint density at radius 3 is 3.00 bits per heavy atom. The van der Waals surface area contributed by atoms with Gasteiger partial charge in [-0.05, 0) is 31.0 Å². The minimum absolute atomic E-state index is 0.0408. The van der Waals surface area contributed by atoms with Gasteiger partial charge in [-0.1, -0.05) is 13.0 Å². The van der Waals surface area contributed by atoms with Crippen molar-refractivity contribution in [2.75, 3.05) is 11.9 Å². The number of fused-ring (bicyclic) bond motifs is 1. The summed E-state index contributed by atoms with van der Waals surface area (Å²) in [5, 5.41) is 5.50. The topological polar surface area (TPSA) is 67.4 Å². The fourth-order valence-corrected chi connectivity index (χ4v) is 1.90. The molecule has 1 aliphatic heterocycles. The average molecular weight is 262 g/mol. The SMILES string of the molecule is CCCNC(=O)CC1Oc2ccc(C)cc2NC1=O. The van der Waals surface area contributed by atoms with E-state index in [4.69, 9.17) is 4.74 Å². The zero-order valence-corrected chi connectivity index (χ0v) is 11.2. The van der Waals surface area contributed by atoms with Gasteiger partial charge in [0.15, 0.2) is 6.10 Å². The summed E-state index contributed by atoms with van der Waals surface area (Å²) < 4.78 is 5.58. The van der Waals surface area contributed by atoms with Crippen molar-refractivity contribution in [3.63, 3.8) is 0 Å². The first kappa shape index (κ1) is 13.4. The van der Waals surface area contributed by atoms with Crippen LogP contribution in [-0.4, -0.2) is 24.5 Å². The highest BCUT2D eigenvalue weighted by atomic mass is 16.5. The Hall–Kier alpha value is -2.04. The van der Waals surface area contributed by atoms with Crippen LogP contribution >= 0.6 is 0 Å². The van der Waals surface area contributed by atoms with Crippen LogP contribution in [0.5, 0.6) is 5.75 Å². The fourth-order valence-electron chi connectivity index (χ4n) is 1.90. The van der Waals surface area contributed by atoms with E-state index >= 15 is 0 Å². The van der Waals surface area contributed by atoms with Gasteiger partial charge in [0.2, 0.25) is 5.91 Å². The summed E-state index contributed by atoms with van der Waals surface area (Å²) in [7, 11) is 0. The van der Waals surface area contributed by atoms with Gasteiger partial charge in [0.25, 0.3) is 5.91 Å². The Kier molecular flexibility index (Phi) is 4.04. The largest absolute Gasteiger partial charge is 0.478 e. The van der Waals surface area contributed by atoms with Gasteiger partial charge in [-0.25, -0.2) is 0 Å². The van der Waals surface area contributed by atoms with Gasteiger partial charge in [-0.15, -0.1) is 0 Å². The molecule has 0 aliphatic carbocycles. The first-order valence-corrected chi connectivity index (χ1v) is 6.45. The summed E-state index contributed by atoms with van der Waals surface area (Å²) in [6.45, 7) is 4.53. The van der Waals surface area contributed by atoms with Crippen LogP contribution in [0, 0.1) is 6.92 Å². The molecule has 1 heterocycles. The molecule has 0 aromatic heterocycles. The second-order valence-corrected chi connectivity index (χ2v) is 4.65. The fraction of sp³-hybridized carbons (Fsp3) is 0.429. The molecular weight excluding hydrogens is 244 g/mol. The zero-order chi connectivity index (χ0) is 13.8. The van der Waals surface area contributed by atoms with E-state index in [1.807, 2.05) is 26.0 Å². The molecule has 1 atom stereocenters. The van der Waals surface area contributed by atoms with Gasteiger partial charge in [0, 0.05) is 6.54 Å². The van der Waals surface area contributed by atoms with Crippen LogP contribution in [0.3, 0.4) is 0 Å². The maximum absolute atomic E-state index is 11.9. The number of hydrogen-bond acceptors (Lipinski definition) is 3. The van der Waals surface area contributed by atoms with Gasteiger partial charge >= 0.3 is 0 Å². The predicted molar refractivity (Wildman–Crippen MR) is 72.1 cm³/mol. The van der Waals surface area contributed by atoms with Crippen LogP contribution in [0.1, 0.15) is 25.3 Å². The minimum Gasteiger partial charge on any atom is -0.478 e. The Morgan fingerprint density at radius 2 is 2.26 bits per heavy atom. The lowest BCUT2D eigenvalue weighted by Crippen LogP contribution is -2.41. The summed E-state index contributed by atoms with van der Waals surface area (Å²) in [6, 6.07) is 5.56. The summed E-state index contributed by atoms with van der Waals surface area (Å²) in [5.74, 6) is 0.167. The molecule has 102 valence electrons. The zero-order valence-electron chi connectivity index (χ0n) is 11.2. The lowest BCUT2D eigenvalue weighted by Gasteiger charge is -2.25. The molecule has 5 nitrogen and oxygen atoms in total. The van der Waals surface area contributed by atoms with Gasteiger partial charge in [0.05, 0.1) is 12.1 Å². The Morgan fingerprint density at radius 1 is 1.47 bits per heavy atom. The van der Waals surface area contributed by atoms with Crippen molar-refractivity contribution >= 4 is 17.5 Å². The first-order chi connectivity index (χ1) is 9.10. The minimum atomic E-state index is -0.757. The molecule has 1 aliphatic rings. The molecule has 1 aromatic carbocycles. The number of ether oxygens (including phenoxy) is 1. The summed E-state index contributed by atoms with van der Waals surface area (Å²) in [6.07, 6.45) is 0.150. The number of aryl methyl sites for hydroxylation is 1. The van der Waals surface area contributed by atoms with E-state index in [1.54, 1.807) is 6.07 Å². The van der Waals surface area contributed by atoms with E-state index in [1.165, 1.54) is 0 Å². The number of rotatable bonds is 4. The van der Waals surface area contributed by atoms with E-state index < -0.39 is 6.10 Å².